The van der Waals surface area contributed by atoms with Gasteiger partial charge >= 0.3 is 12.1 Å². The Morgan fingerprint density at radius 1 is 1.48 bits per heavy atom. The molecule has 0 spiro atoms. The first-order chi connectivity index (χ1) is 10.7. The maximum atomic E-state index is 12.5. The molecule has 2 N–H and O–H groups in total. The van der Waals surface area contributed by atoms with Gasteiger partial charge in [-0.3, -0.25) is 4.79 Å². The van der Waals surface area contributed by atoms with Gasteiger partial charge in [-0.25, -0.2) is 0 Å². The minimum Gasteiger partial charge on any atom is -0.481 e. The van der Waals surface area contributed by atoms with Gasteiger partial charge in [-0.2, -0.15) is 13.2 Å². The Labute approximate surface area is 141 Å². The zero-order valence-corrected chi connectivity index (χ0v) is 14.2. The third-order valence-corrected chi connectivity index (χ3v) is 4.91. The Kier molecular flexibility index (Phi) is 5.41. The van der Waals surface area contributed by atoms with Gasteiger partial charge in [0.25, 0.3) is 0 Å². The number of halogens is 4. The molecule has 0 aliphatic heterocycles. The molecule has 1 saturated carbocycles. The highest BCUT2D eigenvalue weighted by molar-refractivity contribution is 9.10. The average Bonchev–Trinajstić information content (AvgIpc) is 2.39. The molecule has 7 heteroatoms. The summed E-state index contributed by atoms with van der Waals surface area (Å²) in [5.74, 6) is -0.933. The summed E-state index contributed by atoms with van der Waals surface area (Å²) < 4.78 is 38.3. The number of hydrogen-bond donors (Lipinski definition) is 2. The van der Waals surface area contributed by atoms with Crippen molar-refractivity contribution in [1.29, 1.82) is 0 Å². The van der Waals surface area contributed by atoms with Crippen LogP contribution in [0, 0.1) is 0 Å². The minimum atomic E-state index is -4.22. The Balaban J connectivity index is 2.05. The van der Waals surface area contributed by atoms with Crippen molar-refractivity contribution in [3.05, 3.63) is 34.3 Å². The molecule has 0 heterocycles. The first-order valence-corrected chi connectivity index (χ1v) is 8.28. The van der Waals surface area contributed by atoms with Gasteiger partial charge in [-0.05, 0) is 37.0 Å². The van der Waals surface area contributed by atoms with Crippen molar-refractivity contribution in [2.45, 2.75) is 56.3 Å². The molecule has 1 unspecified atom stereocenters. The molecule has 1 aliphatic carbocycles. The molecule has 1 aromatic carbocycles. The molecule has 0 amide bonds. The highest BCUT2D eigenvalue weighted by atomic mass is 79.9. The van der Waals surface area contributed by atoms with Crippen LogP contribution in [0.4, 0.5) is 13.2 Å². The van der Waals surface area contributed by atoms with Gasteiger partial charge < -0.3 is 10.4 Å². The van der Waals surface area contributed by atoms with Gasteiger partial charge in [0.15, 0.2) is 0 Å². The van der Waals surface area contributed by atoms with E-state index in [1.807, 2.05) is 6.07 Å². The van der Waals surface area contributed by atoms with E-state index in [4.69, 9.17) is 0 Å². The third-order valence-electron chi connectivity index (χ3n) is 4.42. The van der Waals surface area contributed by atoms with Crippen LogP contribution >= 0.6 is 15.9 Å². The van der Waals surface area contributed by atoms with Crippen LogP contribution in [-0.4, -0.2) is 29.3 Å². The Morgan fingerprint density at radius 3 is 2.61 bits per heavy atom. The van der Waals surface area contributed by atoms with Gasteiger partial charge in [-0.15, -0.1) is 0 Å². The number of carboxylic acid groups (broad SMARTS) is 1. The molecule has 1 aliphatic rings. The van der Waals surface area contributed by atoms with Crippen molar-refractivity contribution in [2.24, 2.45) is 0 Å². The van der Waals surface area contributed by atoms with E-state index in [1.54, 1.807) is 25.1 Å². The molecule has 1 aromatic rings. The van der Waals surface area contributed by atoms with E-state index in [0.29, 0.717) is 24.8 Å². The van der Waals surface area contributed by atoms with Crippen molar-refractivity contribution >= 4 is 21.9 Å². The summed E-state index contributed by atoms with van der Waals surface area (Å²) in [6.07, 6.45) is -4.16. The number of rotatable bonds is 6. The summed E-state index contributed by atoms with van der Waals surface area (Å²) in [5, 5.41) is 12.6. The minimum absolute atomic E-state index is 0.211. The SMILES string of the molecule is CCC(CC(F)(F)F)NC1CC(C(=O)O)(c2cccc(Br)c2)C1. The number of hydrogen-bond acceptors (Lipinski definition) is 2. The molecule has 3 nitrogen and oxygen atoms in total. The van der Waals surface area contributed by atoms with Crippen LogP contribution in [0.1, 0.15) is 38.2 Å². The maximum absolute atomic E-state index is 12.5. The lowest BCUT2D eigenvalue weighted by atomic mass is 9.61. The van der Waals surface area contributed by atoms with Crippen LogP contribution in [0.3, 0.4) is 0 Å². The quantitative estimate of drug-likeness (QED) is 0.759. The third kappa shape index (κ3) is 4.26. The zero-order valence-electron chi connectivity index (χ0n) is 12.7. The molecular formula is C16H19BrF3NO2. The van der Waals surface area contributed by atoms with E-state index in [-0.39, 0.29) is 6.04 Å². The van der Waals surface area contributed by atoms with Gasteiger partial charge in [0, 0.05) is 16.6 Å². The number of nitrogens with one attached hydrogen (secondary N) is 1. The highest BCUT2D eigenvalue weighted by Crippen LogP contribution is 2.45. The van der Waals surface area contributed by atoms with Crippen LogP contribution < -0.4 is 5.32 Å². The molecule has 23 heavy (non-hydrogen) atoms. The van der Waals surface area contributed by atoms with Crippen molar-refractivity contribution < 1.29 is 23.1 Å². The average molecular weight is 394 g/mol. The first kappa shape index (κ1) is 18.3. The summed E-state index contributed by atoms with van der Waals surface area (Å²) in [4.78, 5) is 11.7. The zero-order chi connectivity index (χ0) is 17.3. The van der Waals surface area contributed by atoms with E-state index in [2.05, 4.69) is 21.2 Å². The van der Waals surface area contributed by atoms with Crippen molar-refractivity contribution in [2.75, 3.05) is 0 Å². The van der Waals surface area contributed by atoms with Gasteiger partial charge in [0.2, 0.25) is 0 Å². The number of carboxylic acids is 1. The van der Waals surface area contributed by atoms with Gasteiger partial charge in [-0.1, -0.05) is 35.0 Å². The second kappa shape index (κ2) is 6.81. The molecule has 0 radical (unpaired) electrons. The van der Waals surface area contributed by atoms with Crippen LogP contribution in [-0.2, 0) is 10.2 Å². The van der Waals surface area contributed by atoms with Crippen molar-refractivity contribution in [3.63, 3.8) is 0 Å². The molecule has 1 atom stereocenters. The van der Waals surface area contributed by atoms with E-state index in [9.17, 15) is 23.1 Å². The lowest BCUT2D eigenvalue weighted by Gasteiger charge is -2.46. The lowest BCUT2D eigenvalue weighted by Crippen LogP contribution is -2.58. The van der Waals surface area contributed by atoms with Crippen molar-refractivity contribution in [3.8, 4) is 0 Å². The Hall–Kier alpha value is -1.08. The molecule has 1 fully saturated rings. The molecule has 0 bridgehead atoms. The van der Waals surface area contributed by atoms with Crippen LogP contribution in [0.25, 0.3) is 0 Å². The fraction of sp³-hybridized carbons (Fsp3) is 0.562. The second-order valence-corrected chi connectivity index (χ2v) is 7.01. The Morgan fingerprint density at radius 2 is 2.13 bits per heavy atom. The number of aliphatic carboxylic acids is 1. The standard InChI is InChI=1S/C16H19BrF3NO2/c1-2-12(9-16(18,19)20)21-13-7-15(8-13,14(22)23)10-4-3-5-11(17)6-10/h3-6,12-13,21H,2,7-9H2,1H3,(H,22,23). The molecule has 2 rings (SSSR count). The molecular weight excluding hydrogens is 375 g/mol. The summed E-state index contributed by atoms with van der Waals surface area (Å²) in [6, 6.07) is 6.21. The van der Waals surface area contributed by atoms with E-state index in [1.165, 1.54) is 0 Å². The molecule has 128 valence electrons. The second-order valence-electron chi connectivity index (χ2n) is 6.09. The van der Waals surface area contributed by atoms with Gasteiger partial charge in [0.1, 0.15) is 0 Å². The van der Waals surface area contributed by atoms with Crippen molar-refractivity contribution in [1.82, 2.24) is 5.32 Å². The van der Waals surface area contributed by atoms with Crippen LogP contribution in [0.2, 0.25) is 0 Å². The van der Waals surface area contributed by atoms with E-state index >= 15 is 0 Å². The number of benzene rings is 1. The van der Waals surface area contributed by atoms with Gasteiger partial charge in [0.05, 0.1) is 11.8 Å². The largest absolute Gasteiger partial charge is 0.481 e. The topological polar surface area (TPSA) is 49.3 Å². The highest BCUT2D eigenvalue weighted by Gasteiger charge is 2.52. The van der Waals surface area contributed by atoms with E-state index < -0.39 is 30.0 Å². The van der Waals surface area contributed by atoms with E-state index in [0.717, 1.165) is 4.47 Å². The molecule has 0 aromatic heterocycles. The number of alkyl halides is 3. The fourth-order valence-corrected chi connectivity index (χ4v) is 3.55. The summed E-state index contributed by atoms with van der Waals surface area (Å²) in [7, 11) is 0. The van der Waals surface area contributed by atoms with Crippen LogP contribution in [0.5, 0.6) is 0 Å². The summed E-state index contributed by atoms with van der Waals surface area (Å²) in [5.41, 5.74) is -0.334. The summed E-state index contributed by atoms with van der Waals surface area (Å²) >= 11 is 3.32. The fourth-order valence-electron chi connectivity index (χ4n) is 3.15. The Bertz CT molecular complexity index is 571. The smallest absolute Gasteiger partial charge is 0.390 e. The van der Waals surface area contributed by atoms with Crippen LogP contribution in [0.15, 0.2) is 28.7 Å². The maximum Gasteiger partial charge on any atom is 0.390 e. The normalized spacial score (nSPS) is 25.7. The summed E-state index contributed by atoms with van der Waals surface area (Å²) in [6.45, 7) is 1.70. The predicted octanol–water partition coefficient (Wildman–Crippen LogP) is 4.25. The number of carbonyl (C=O) groups is 1. The predicted molar refractivity (Wildman–Crippen MR) is 84.4 cm³/mol. The lowest BCUT2D eigenvalue weighted by molar-refractivity contribution is -0.151. The monoisotopic (exact) mass is 393 g/mol. The molecule has 0 saturated heterocycles. The first-order valence-electron chi connectivity index (χ1n) is 7.48.